The molecule has 6 nitrogen and oxygen atoms in total. The van der Waals surface area contributed by atoms with Crippen LogP contribution in [0.15, 0.2) is 48.5 Å². The summed E-state index contributed by atoms with van der Waals surface area (Å²) in [6, 6.07) is 15.6. The largest absolute Gasteiger partial charge is 0.493 e. The SMILES string of the molecule is COc1cc(C)ccc1OCC(=O)NC(CN1CCOCC1)c1ccccc1. The highest BCUT2D eigenvalue weighted by atomic mass is 16.5. The van der Waals surface area contributed by atoms with Crippen LogP contribution >= 0.6 is 0 Å². The van der Waals surface area contributed by atoms with Crippen LogP contribution < -0.4 is 14.8 Å². The zero-order valence-corrected chi connectivity index (χ0v) is 16.5. The number of morpholine rings is 1. The molecule has 150 valence electrons. The average molecular weight is 384 g/mol. The Balaban J connectivity index is 1.62. The van der Waals surface area contributed by atoms with Gasteiger partial charge in [-0.2, -0.15) is 0 Å². The minimum absolute atomic E-state index is 0.0636. The van der Waals surface area contributed by atoms with Crippen LogP contribution in [0.5, 0.6) is 11.5 Å². The number of nitrogens with one attached hydrogen (secondary N) is 1. The molecule has 1 unspecified atom stereocenters. The Morgan fingerprint density at radius 2 is 1.89 bits per heavy atom. The van der Waals surface area contributed by atoms with E-state index >= 15 is 0 Å². The van der Waals surface area contributed by atoms with Crippen molar-refractivity contribution in [3.63, 3.8) is 0 Å². The number of rotatable bonds is 8. The standard InChI is InChI=1S/C22H28N2O4/c1-17-8-9-20(21(14-17)26-2)28-16-22(25)23-19(18-6-4-3-5-7-18)15-24-10-12-27-13-11-24/h3-9,14,19H,10-13,15-16H2,1-2H3,(H,23,25). The maximum atomic E-state index is 12.6. The van der Waals surface area contributed by atoms with Crippen molar-refractivity contribution in [2.45, 2.75) is 13.0 Å². The molecule has 0 saturated carbocycles. The van der Waals surface area contributed by atoms with Crippen molar-refractivity contribution in [2.24, 2.45) is 0 Å². The quantitative estimate of drug-likeness (QED) is 0.758. The van der Waals surface area contributed by atoms with E-state index in [1.54, 1.807) is 7.11 Å². The Labute approximate surface area is 166 Å². The molecule has 1 aliphatic rings. The Morgan fingerprint density at radius 3 is 2.61 bits per heavy atom. The first-order valence-corrected chi connectivity index (χ1v) is 9.57. The fraction of sp³-hybridized carbons (Fsp3) is 0.409. The molecule has 0 aliphatic carbocycles. The van der Waals surface area contributed by atoms with Crippen LogP contribution in [-0.2, 0) is 9.53 Å². The van der Waals surface area contributed by atoms with Crippen LogP contribution in [0.1, 0.15) is 17.2 Å². The monoisotopic (exact) mass is 384 g/mol. The fourth-order valence-electron chi connectivity index (χ4n) is 3.24. The predicted octanol–water partition coefficient (Wildman–Crippen LogP) is 2.57. The maximum Gasteiger partial charge on any atom is 0.258 e. The van der Waals surface area contributed by atoms with Crippen molar-refractivity contribution in [2.75, 3.05) is 46.6 Å². The third-order valence-electron chi connectivity index (χ3n) is 4.76. The molecule has 2 aromatic carbocycles. The van der Waals surface area contributed by atoms with Gasteiger partial charge in [0.05, 0.1) is 26.4 Å². The molecule has 2 aromatic rings. The van der Waals surface area contributed by atoms with Gasteiger partial charge in [0.15, 0.2) is 18.1 Å². The van der Waals surface area contributed by atoms with E-state index in [-0.39, 0.29) is 18.6 Å². The Kier molecular flexibility index (Phi) is 7.28. The summed E-state index contributed by atoms with van der Waals surface area (Å²) in [5.41, 5.74) is 2.15. The summed E-state index contributed by atoms with van der Waals surface area (Å²) >= 11 is 0. The van der Waals surface area contributed by atoms with Gasteiger partial charge >= 0.3 is 0 Å². The van der Waals surface area contributed by atoms with E-state index in [0.717, 1.165) is 44.0 Å². The first kappa shape index (κ1) is 20.2. The molecule has 3 rings (SSSR count). The van der Waals surface area contributed by atoms with E-state index in [1.165, 1.54) is 0 Å². The van der Waals surface area contributed by atoms with Crippen LogP contribution in [0.25, 0.3) is 0 Å². The minimum atomic E-state index is -0.162. The minimum Gasteiger partial charge on any atom is -0.493 e. The average Bonchev–Trinajstić information content (AvgIpc) is 2.73. The number of ether oxygens (including phenoxy) is 3. The number of hydrogen-bond acceptors (Lipinski definition) is 5. The lowest BCUT2D eigenvalue weighted by Crippen LogP contribution is -2.44. The number of nitrogens with zero attached hydrogens (tertiary/aromatic N) is 1. The molecule has 0 aromatic heterocycles. The van der Waals surface area contributed by atoms with Crippen LogP contribution in [0.4, 0.5) is 0 Å². The maximum absolute atomic E-state index is 12.6. The number of benzene rings is 2. The molecule has 6 heteroatoms. The summed E-state index contributed by atoms with van der Waals surface area (Å²) in [7, 11) is 1.59. The highest BCUT2D eigenvalue weighted by molar-refractivity contribution is 5.78. The van der Waals surface area contributed by atoms with Gasteiger partial charge in [-0.3, -0.25) is 9.69 Å². The Bertz CT molecular complexity index is 760. The lowest BCUT2D eigenvalue weighted by atomic mass is 10.1. The first-order chi connectivity index (χ1) is 13.7. The van der Waals surface area contributed by atoms with E-state index in [9.17, 15) is 4.79 Å². The molecule has 1 N–H and O–H groups in total. The van der Waals surface area contributed by atoms with E-state index in [2.05, 4.69) is 10.2 Å². The van der Waals surface area contributed by atoms with Gasteiger partial charge in [0.1, 0.15) is 0 Å². The van der Waals surface area contributed by atoms with E-state index in [1.807, 2.05) is 55.5 Å². The topological polar surface area (TPSA) is 60.0 Å². The van der Waals surface area contributed by atoms with E-state index in [4.69, 9.17) is 14.2 Å². The number of carbonyl (C=O) groups excluding carboxylic acids is 1. The number of aryl methyl sites for hydroxylation is 1. The number of methoxy groups -OCH3 is 1. The summed E-state index contributed by atoms with van der Waals surface area (Å²) in [6.07, 6.45) is 0. The van der Waals surface area contributed by atoms with Gasteiger partial charge in [-0.05, 0) is 30.2 Å². The van der Waals surface area contributed by atoms with Gasteiger partial charge in [0.25, 0.3) is 5.91 Å². The molecule has 0 spiro atoms. The molecule has 1 amide bonds. The van der Waals surface area contributed by atoms with Crippen molar-refractivity contribution in [3.05, 3.63) is 59.7 Å². The zero-order valence-electron chi connectivity index (χ0n) is 16.5. The second kappa shape index (κ2) is 10.1. The molecule has 1 heterocycles. The van der Waals surface area contributed by atoms with E-state index in [0.29, 0.717) is 11.5 Å². The Morgan fingerprint density at radius 1 is 1.14 bits per heavy atom. The lowest BCUT2D eigenvalue weighted by Gasteiger charge is -2.31. The van der Waals surface area contributed by atoms with Gasteiger partial charge in [-0.15, -0.1) is 0 Å². The van der Waals surface area contributed by atoms with Crippen LogP contribution in [0, 0.1) is 6.92 Å². The summed E-state index contributed by atoms with van der Waals surface area (Å²) in [4.78, 5) is 14.9. The Hall–Kier alpha value is -2.57. The molecular formula is C22H28N2O4. The summed E-state index contributed by atoms with van der Waals surface area (Å²) in [6.45, 7) is 5.86. The molecule has 0 bridgehead atoms. The normalized spacial score (nSPS) is 15.6. The number of amides is 1. The van der Waals surface area contributed by atoms with Gasteiger partial charge in [0, 0.05) is 19.6 Å². The molecule has 1 aliphatic heterocycles. The van der Waals surface area contributed by atoms with Crippen molar-refractivity contribution < 1.29 is 19.0 Å². The summed E-state index contributed by atoms with van der Waals surface area (Å²) in [5.74, 6) is 1.03. The van der Waals surface area contributed by atoms with Crippen LogP contribution in [0.2, 0.25) is 0 Å². The highest BCUT2D eigenvalue weighted by Crippen LogP contribution is 2.27. The summed E-state index contributed by atoms with van der Waals surface area (Å²) in [5, 5.41) is 3.11. The fourth-order valence-corrected chi connectivity index (χ4v) is 3.24. The zero-order chi connectivity index (χ0) is 19.8. The van der Waals surface area contributed by atoms with Gasteiger partial charge in [-0.1, -0.05) is 36.4 Å². The molecule has 1 fully saturated rings. The molecule has 1 atom stereocenters. The third kappa shape index (κ3) is 5.71. The van der Waals surface area contributed by atoms with Crippen molar-refractivity contribution in [1.82, 2.24) is 10.2 Å². The first-order valence-electron chi connectivity index (χ1n) is 9.57. The molecular weight excluding hydrogens is 356 g/mol. The van der Waals surface area contributed by atoms with Crippen LogP contribution in [-0.4, -0.2) is 57.4 Å². The number of carbonyl (C=O) groups is 1. The van der Waals surface area contributed by atoms with E-state index < -0.39 is 0 Å². The van der Waals surface area contributed by atoms with Gasteiger partial charge in [0.2, 0.25) is 0 Å². The smallest absolute Gasteiger partial charge is 0.258 e. The van der Waals surface area contributed by atoms with Crippen molar-refractivity contribution in [3.8, 4) is 11.5 Å². The lowest BCUT2D eigenvalue weighted by molar-refractivity contribution is -0.124. The van der Waals surface area contributed by atoms with Crippen LogP contribution in [0.3, 0.4) is 0 Å². The molecule has 1 saturated heterocycles. The predicted molar refractivity (Wildman–Crippen MR) is 108 cm³/mol. The van der Waals surface area contributed by atoms with Gasteiger partial charge < -0.3 is 19.5 Å². The molecule has 28 heavy (non-hydrogen) atoms. The number of hydrogen-bond donors (Lipinski definition) is 1. The van der Waals surface area contributed by atoms with Crippen molar-refractivity contribution >= 4 is 5.91 Å². The second-order valence-electron chi connectivity index (χ2n) is 6.89. The molecule has 0 radical (unpaired) electrons. The van der Waals surface area contributed by atoms with Gasteiger partial charge in [-0.25, -0.2) is 0 Å². The van der Waals surface area contributed by atoms with Crippen molar-refractivity contribution in [1.29, 1.82) is 0 Å². The third-order valence-corrected chi connectivity index (χ3v) is 4.76. The summed E-state index contributed by atoms with van der Waals surface area (Å²) < 4.78 is 16.5. The second-order valence-corrected chi connectivity index (χ2v) is 6.89. The highest BCUT2D eigenvalue weighted by Gasteiger charge is 2.20.